The number of pyridine rings is 1. The maximum Gasteiger partial charge on any atom is 0.335 e. The average molecular weight is 362 g/mol. The molecule has 7 heteroatoms. The number of carbonyl (C=O) groups is 2. The first-order valence-corrected chi connectivity index (χ1v) is 8.23. The number of nitrogens with one attached hydrogen (secondary N) is 1. The van der Waals surface area contributed by atoms with Crippen molar-refractivity contribution in [2.24, 2.45) is 5.10 Å². The summed E-state index contributed by atoms with van der Waals surface area (Å²) in [7, 11) is 0. The lowest BCUT2D eigenvalue weighted by Gasteiger charge is -2.10. The van der Waals surface area contributed by atoms with Gasteiger partial charge in [0.05, 0.1) is 17.3 Å². The van der Waals surface area contributed by atoms with Gasteiger partial charge in [-0.25, -0.2) is 10.2 Å². The molecule has 136 valence electrons. The molecule has 0 bridgehead atoms. The third-order valence-corrected chi connectivity index (χ3v) is 4.12. The van der Waals surface area contributed by atoms with Gasteiger partial charge in [-0.15, -0.1) is 0 Å². The number of carboxylic acid groups (broad SMARTS) is 1. The van der Waals surface area contributed by atoms with Crippen molar-refractivity contribution >= 4 is 18.1 Å². The summed E-state index contributed by atoms with van der Waals surface area (Å²) in [5.41, 5.74) is 6.50. The summed E-state index contributed by atoms with van der Waals surface area (Å²) in [4.78, 5) is 27.1. The number of aryl methyl sites for hydroxylation is 1. The van der Waals surface area contributed by atoms with Crippen LogP contribution in [0.2, 0.25) is 0 Å². The molecule has 0 unspecified atom stereocenters. The van der Waals surface area contributed by atoms with Crippen molar-refractivity contribution in [3.05, 3.63) is 82.9 Å². The van der Waals surface area contributed by atoms with Crippen molar-refractivity contribution in [2.75, 3.05) is 0 Å². The molecule has 2 aromatic heterocycles. The van der Waals surface area contributed by atoms with Gasteiger partial charge in [0, 0.05) is 35.0 Å². The second-order valence-corrected chi connectivity index (χ2v) is 5.96. The average Bonchev–Trinajstić information content (AvgIpc) is 2.96. The highest BCUT2D eigenvalue weighted by atomic mass is 16.4. The van der Waals surface area contributed by atoms with Crippen LogP contribution in [0.15, 0.2) is 60.0 Å². The number of hydrogen-bond donors (Lipinski definition) is 2. The molecular formula is C20H18N4O3. The van der Waals surface area contributed by atoms with Crippen LogP contribution in [0.4, 0.5) is 0 Å². The molecule has 2 heterocycles. The molecule has 0 spiro atoms. The number of carboxylic acids is 1. The van der Waals surface area contributed by atoms with Gasteiger partial charge in [-0.1, -0.05) is 6.07 Å². The van der Waals surface area contributed by atoms with Crippen molar-refractivity contribution in [2.45, 2.75) is 13.8 Å². The Bertz CT molecular complexity index is 1020. The van der Waals surface area contributed by atoms with Crippen LogP contribution in [0.3, 0.4) is 0 Å². The molecule has 0 aliphatic heterocycles. The molecule has 3 rings (SSSR count). The van der Waals surface area contributed by atoms with Crippen LogP contribution in [-0.2, 0) is 0 Å². The van der Waals surface area contributed by atoms with E-state index in [1.165, 1.54) is 6.20 Å². The second kappa shape index (κ2) is 7.65. The summed E-state index contributed by atoms with van der Waals surface area (Å²) in [5.74, 6) is -1.32. The fourth-order valence-corrected chi connectivity index (χ4v) is 2.82. The maximum absolute atomic E-state index is 12.0. The molecule has 1 aromatic carbocycles. The zero-order valence-corrected chi connectivity index (χ0v) is 14.9. The van der Waals surface area contributed by atoms with Crippen LogP contribution in [-0.4, -0.2) is 32.7 Å². The summed E-state index contributed by atoms with van der Waals surface area (Å²) in [6, 6.07) is 12.0. The number of aromatic nitrogens is 2. The van der Waals surface area contributed by atoms with E-state index in [4.69, 9.17) is 0 Å². The molecule has 0 radical (unpaired) electrons. The molecule has 7 nitrogen and oxygen atoms in total. The Morgan fingerprint density at radius 3 is 2.63 bits per heavy atom. The molecule has 0 aliphatic rings. The van der Waals surface area contributed by atoms with E-state index in [1.54, 1.807) is 42.7 Å². The van der Waals surface area contributed by atoms with Gasteiger partial charge in [0.2, 0.25) is 0 Å². The topological polar surface area (TPSA) is 96.6 Å². The van der Waals surface area contributed by atoms with E-state index < -0.39 is 5.97 Å². The Morgan fingerprint density at radius 2 is 1.93 bits per heavy atom. The van der Waals surface area contributed by atoms with Gasteiger partial charge in [0.25, 0.3) is 5.91 Å². The van der Waals surface area contributed by atoms with E-state index in [0.717, 1.165) is 22.6 Å². The first-order valence-electron chi connectivity index (χ1n) is 8.23. The molecule has 1 amide bonds. The second-order valence-electron chi connectivity index (χ2n) is 5.96. The number of amides is 1. The number of nitrogens with zero attached hydrogens (tertiary/aromatic N) is 3. The number of carbonyl (C=O) groups excluding carboxylic acids is 1. The molecule has 0 aliphatic carbocycles. The van der Waals surface area contributed by atoms with E-state index in [2.05, 4.69) is 15.5 Å². The third kappa shape index (κ3) is 3.92. The Hall–Kier alpha value is -3.74. The summed E-state index contributed by atoms with van der Waals surface area (Å²) in [6.07, 6.45) is 4.62. The normalized spacial score (nSPS) is 10.9. The number of rotatable bonds is 5. The lowest BCUT2D eigenvalue weighted by Crippen LogP contribution is -2.17. The lowest BCUT2D eigenvalue weighted by molar-refractivity contribution is 0.0696. The van der Waals surface area contributed by atoms with Crippen LogP contribution in [0.5, 0.6) is 0 Å². The van der Waals surface area contributed by atoms with Crippen LogP contribution in [0, 0.1) is 13.8 Å². The van der Waals surface area contributed by atoms with Gasteiger partial charge >= 0.3 is 5.97 Å². The Kier molecular flexibility index (Phi) is 5.12. The van der Waals surface area contributed by atoms with E-state index in [9.17, 15) is 14.7 Å². The van der Waals surface area contributed by atoms with Gasteiger partial charge in [0.1, 0.15) is 0 Å². The molecule has 3 aromatic rings. The van der Waals surface area contributed by atoms with E-state index in [-0.39, 0.29) is 11.5 Å². The van der Waals surface area contributed by atoms with Gasteiger partial charge in [-0.2, -0.15) is 5.10 Å². The van der Waals surface area contributed by atoms with Crippen LogP contribution >= 0.6 is 0 Å². The predicted molar refractivity (Wildman–Crippen MR) is 101 cm³/mol. The SMILES string of the molecule is Cc1cc(/C=N/NC(=O)c2cccnc2)c(C)n1-c1cccc(C(=O)O)c1. The minimum absolute atomic E-state index is 0.221. The van der Waals surface area contributed by atoms with Crippen LogP contribution < -0.4 is 5.43 Å². The number of aromatic carboxylic acids is 1. The molecule has 0 saturated heterocycles. The molecule has 0 fully saturated rings. The molecule has 2 N–H and O–H groups in total. The summed E-state index contributed by atoms with van der Waals surface area (Å²) in [6.45, 7) is 3.83. The number of hydrazone groups is 1. The standard InChI is InChI=1S/C20H18N4O3/c1-13-9-17(12-22-23-19(25)16-6-4-8-21-11-16)14(2)24(13)18-7-3-5-15(10-18)20(26)27/h3-12H,1-2H3,(H,23,25)(H,26,27)/b22-12+. The van der Waals surface area contributed by atoms with Crippen molar-refractivity contribution in [1.82, 2.24) is 15.0 Å². The van der Waals surface area contributed by atoms with Crippen molar-refractivity contribution in [3.63, 3.8) is 0 Å². The maximum atomic E-state index is 12.0. The third-order valence-electron chi connectivity index (χ3n) is 4.12. The van der Waals surface area contributed by atoms with Gasteiger partial charge in [-0.3, -0.25) is 9.78 Å². The Balaban J connectivity index is 1.83. The van der Waals surface area contributed by atoms with Gasteiger partial charge < -0.3 is 9.67 Å². The fourth-order valence-electron chi connectivity index (χ4n) is 2.82. The quantitative estimate of drug-likeness (QED) is 0.539. The molecule has 0 saturated carbocycles. The minimum Gasteiger partial charge on any atom is -0.478 e. The van der Waals surface area contributed by atoms with Crippen molar-refractivity contribution < 1.29 is 14.7 Å². The smallest absolute Gasteiger partial charge is 0.335 e. The molecule has 27 heavy (non-hydrogen) atoms. The summed E-state index contributed by atoms with van der Waals surface area (Å²) >= 11 is 0. The first-order chi connectivity index (χ1) is 13.0. The molecule has 0 atom stereocenters. The molecular weight excluding hydrogens is 344 g/mol. The first kappa shape index (κ1) is 18.1. The number of hydrogen-bond acceptors (Lipinski definition) is 4. The zero-order valence-electron chi connectivity index (χ0n) is 14.9. The number of benzene rings is 1. The largest absolute Gasteiger partial charge is 0.478 e. The van der Waals surface area contributed by atoms with Crippen LogP contribution in [0.25, 0.3) is 5.69 Å². The minimum atomic E-state index is -0.973. The van der Waals surface area contributed by atoms with Crippen LogP contribution in [0.1, 0.15) is 37.7 Å². The highest BCUT2D eigenvalue weighted by Crippen LogP contribution is 2.20. The van der Waals surface area contributed by atoms with Gasteiger partial charge in [-0.05, 0) is 50.2 Å². The highest BCUT2D eigenvalue weighted by Gasteiger charge is 2.11. The fraction of sp³-hybridized carbons (Fsp3) is 0.100. The monoisotopic (exact) mass is 362 g/mol. The van der Waals surface area contributed by atoms with Gasteiger partial charge in [0.15, 0.2) is 0 Å². The van der Waals surface area contributed by atoms with Crippen molar-refractivity contribution in [3.8, 4) is 5.69 Å². The summed E-state index contributed by atoms with van der Waals surface area (Å²) < 4.78 is 1.94. The highest BCUT2D eigenvalue weighted by molar-refractivity contribution is 5.94. The van der Waals surface area contributed by atoms with E-state index >= 15 is 0 Å². The van der Waals surface area contributed by atoms with E-state index in [0.29, 0.717) is 5.56 Å². The zero-order chi connectivity index (χ0) is 19.4. The Labute approximate surface area is 156 Å². The van der Waals surface area contributed by atoms with E-state index in [1.807, 2.05) is 30.5 Å². The Morgan fingerprint density at radius 1 is 1.15 bits per heavy atom. The lowest BCUT2D eigenvalue weighted by atomic mass is 10.2. The predicted octanol–water partition coefficient (Wildman–Crippen LogP) is 2.95. The van der Waals surface area contributed by atoms with Crippen molar-refractivity contribution in [1.29, 1.82) is 0 Å². The summed E-state index contributed by atoms with van der Waals surface area (Å²) in [5, 5.41) is 13.2.